The number of hydrogen-bond acceptors (Lipinski definition) is 6. The Balaban J connectivity index is 1.75. The lowest BCUT2D eigenvalue weighted by molar-refractivity contribution is -0.309. The summed E-state index contributed by atoms with van der Waals surface area (Å²) in [4.78, 5) is 22.1. The Bertz CT molecular complexity index is 403. The van der Waals surface area contributed by atoms with E-state index < -0.39 is 12.0 Å². The molecule has 112 valence electrons. The van der Waals surface area contributed by atoms with Crippen molar-refractivity contribution in [2.24, 2.45) is 23.5 Å². The summed E-state index contributed by atoms with van der Waals surface area (Å²) in [6.07, 6.45) is 5.19. The highest BCUT2D eigenvalue weighted by atomic mass is 16.4. The molecule has 6 heteroatoms. The molecule has 4 N–H and O–H groups in total. The zero-order valence-electron chi connectivity index (χ0n) is 11.5. The molecule has 2 aliphatic heterocycles. The maximum absolute atomic E-state index is 11.1. The third kappa shape index (κ3) is 2.36. The molecule has 3 aliphatic rings. The molecule has 6 nitrogen and oxygen atoms in total. The van der Waals surface area contributed by atoms with E-state index in [4.69, 9.17) is 5.73 Å². The molecule has 3 rings (SSSR count). The maximum atomic E-state index is 11.1. The van der Waals surface area contributed by atoms with Crippen LogP contribution < -0.4 is 21.5 Å². The van der Waals surface area contributed by atoms with Gasteiger partial charge in [0.2, 0.25) is 0 Å². The molecule has 0 spiro atoms. The van der Waals surface area contributed by atoms with Gasteiger partial charge in [0.05, 0.1) is 12.1 Å². The van der Waals surface area contributed by atoms with Gasteiger partial charge in [0.25, 0.3) is 0 Å². The average Bonchev–Trinajstić information content (AvgIpc) is 2.45. The monoisotopic (exact) mass is 280 g/mol. The van der Waals surface area contributed by atoms with E-state index in [9.17, 15) is 14.7 Å². The Morgan fingerprint density at radius 2 is 1.75 bits per heavy atom. The van der Waals surface area contributed by atoms with Crippen molar-refractivity contribution in [2.75, 3.05) is 0 Å². The number of piperidine rings is 2. The number of fused-ring (bicyclic) bond motifs is 3. The molecule has 2 heterocycles. The van der Waals surface area contributed by atoms with E-state index in [1.807, 2.05) is 0 Å². The second-order valence-corrected chi connectivity index (χ2v) is 6.49. The molecular weight excluding hydrogens is 258 g/mol. The van der Waals surface area contributed by atoms with Crippen LogP contribution in [-0.4, -0.2) is 36.5 Å². The first kappa shape index (κ1) is 14.0. The van der Waals surface area contributed by atoms with E-state index in [1.54, 1.807) is 0 Å². The van der Waals surface area contributed by atoms with Crippen molar-refractivity contribution in [2.45, 2.75) is 56.4 Å². The Kier molecular flexibility index (Phi) is 3.79. The second-order valence-electron chi connectivity index (χ2n) is 6.49. The van der Waals surface area contributed by atoms with Crippen LogP contribution in [0.25, 0.3) is 0 Å². The molecule has 1 aliphatic carbocycles. The van der Waals surface area contributed by atoms with Crippen molar-refractivity contribution >= 4 is 12.3 Å². The lowest BCUT2D eigenvalue weighted by atomic mass is 9.66. The summed E-state index contributed by atoms with van der Waals surface area (Å²) in [7, 11) is 0. The van der Waals surface area contributed by atoms with Gasteiger partial charge in [-0.3, -0.25) is 5.32 Å². The number of nitrogens with two attached hydrogens (primary N) is 1. The average molecular weight is 280 g/mol. The van der Waals surface area contributed by atoms with E-state index in [0.717, 1.165) is 32.0 Å². The standard InChI is InChI=1S/C14H23N3O3/c15-13-9(6-18)5-8-2-1-7-3-4-10(14(19)20)16-11(7)12(8)17-13/h6-13,16-17H,1-5,15H2,(H,19,20)/p-1. The lowest BCUT2D eigenvalue weighted by Crippen LogP contribution is -2.69. The van der Waals surface area contributed by atoms with Crippen molar-refractivity contribution in [1.82, 2.24) is 10.6 Å². The number of rotatable bonds is 2. The fourth-order valence-corrected chi connectivity index (χ4v) is 4.31. The number of aliphatic carboxylic acids is 1. The van der Waals surface area contributed by atoms with Gasteiger partial charge in [0.1, 0.15) is 6.29 Å². The summed E-state index contributed by atoms with van der Waals surface area (Å²) in [5.41, 5.74) is 6.01. The van der Waals surface area contributed by atoms with E-state index in [1.165, 1.54) is 0 Å². The Labute approximate surface area is 118 Å². The van der Waals surface area contributed by atoms with Gasteiger partial charge in [-0.2, -0.15) is 0 Å². The van der Waals surface area contributed by atoms with Gasteiger partial charge in [0, 0.05) is 24.0 Å². The first-order chi connectivity index (χ1) is 9.60. The van der Waals surface area contributed by atoms with Crippen LogP contribution in [-0.2, 0) is 9.59 Å². The van der Waals surface area contributed by atoms with Crippen LogP contribution in [0.1, 0.15) is 32.1 Å². The van der Waals surface area contributed by atoms with E-state index in [2.05, 4.69) is 10.6 Å². The number of carboxylic acids is 1. The molecule has 0 aromatic rings. The summed E-state index contributed by atoms with van der Waals surface area (Å²) >= 11 is 0. The van der Waals surface area contributed by atoms with E-state index >= 15 is 0 Å². The minimum atomic E-state index is -1.02. The van der Waals surface area contributed by atoms with Crippen LogP contribution in [0.5, 0.6) is 0 Å². The minimum absolute atomic E-state index is 0.129. The first-order valence-electron chi connectivity index (χ1n) is 7.54. The highest BCUT2D eigenvalue weighted by Gasteiger charge is 2.46. The third-order valence-corrected chi connectivity index (χ3v) is 5.41. The van der Waals surface area contributed by atoms with Gasteiger partial charge < -0.3 is 25.7 Å². The van der Waals surface area contributed by atoms with Crippen molar-refractivity contribution in [1.29, 1.82) is 0 Å². The van der Waals surface area contributed by atoms with Gasteiger partial charge in [-0.25, -0.2) is 0 Å². The molecule has 0 amide bonds. The third-order valence-electron chi connectivity index (χ3n) is 5.41. The summed E-state index contributed by atoms with van der Waals surface area (Å²) in [5.74, 6) is -0.247. The summed E-state index contributed by atoms with van der Waals surface area (Å²) in [6, 6.07) is -0.261. The van der Waals surface area contributed by atoms with Gasteiger partial charge in [-0.05, 0) is 43.9 Å². The molecule has 3 fully saturated rings. The quantitative estimate of drug-likeness (QED) is 0.523. The van der Waals surface area contributed by atoms with E-state index in [-0.39, 0.29) is 24.2 Å². The Hall–Kier alpha value is -0.980. The lowest BCUT2D eigenvalue weighted by Gasteiger charge is -2.52. The number of carbonyl (C=O) groups excluding carboxylic acids is 2. The van der Waals surface area contributed by atoms with E-state index in [0.29, 0.717) is 18.3 Å². The van der Waals surface area contributed by atoms with Gasteiger partial charge >= 0.3 is 0 Å². The second kappa shape index (κ2) is 5.42. The highest BCUT2D eigenvalue weighted by molar-refractivity contribution is 5.71. The molecule has 2 saturated heterocycles. The maximum Gasteiger partial charge on any atom is 0.125 e. The predicted octanol–water partition coefficient (Wildman–Crippen LogP) is -1.66. The molecule has 20 heavy (non-hydrogen) atoms. The minimum Gasteiger partial charge on any atom is -0.548 e. The van der Waals surface area contributed by atoms with Gasteiger partial charge in [-0.15, -0.1) is 0 Å². The topological polar surface area (TPSA) is 107 Å². The molecule has 0 aromatic heterocycles. The molecule has 1 saturated carbocycles. The fourth-order valence-electron chi connectivity index (χ4n) is 4.31. The number of hydrogen-bond donors (Lipinski definition) is 3. The Morgan fingerprint density at radius 3 is 2.45 bits per heavy atom. The fraction of sp³-hybridized carbons (Fsp3) is 0.857. The van der Waals surface area contributed by atoms with Crippen LogP contribution >= 0.6 is 0 Å². The molecule has 0 radical (unpaired) electrons. The zero-order valence-corrected chi connectivity index (χ0v) is 11.5. The first-order valence-corrected chi connectivity index (χ1v) is 7.54. The highest BCUT2D eigenvalue weighted by Crippen LogP contribution is 2.40. The zero-order chi connectivity index (χ0) is 14.3. The van der Waals surface area contributed by atoms with Crippen molar-refractivity contribution in [3.05, 3.63) is 0 Å². The smallest absolute Gasteiger partial charge is 0.125 e. The van der Waals surface area contributed by atoms with Crippen LogP contribution in [0, 0.1) is 17.8 Å². The van der Waals surface area contributed by atoms with Gasteiger partial charge in [0.15, 0.2) is 0 Å². The van der Waals surface area contributed by atoms with Gasteiger partial charge in [-0.1, -0.05) is 0 Å². The summed E-state index contributed by atoms with van der Waals surface area (Å²) in [6.45, 7) is 0. The molecule has 0 aromatic carbocycles. The molecule has 7 unspecified atom stereocenters. The molecule has 0 bridgehead atoms. The van der Waals surface area contributed by atoms with Crippen molar-refractivity contribution in [3.63, 3.8) is 0 Å². The van der Waals surface area contributed by atoms with Crippen LogP contribution in [0.15, 0.2) is 0 Å². The number of aldehydes is 1. The summed E-state index contributed by atoms with van der Waals surface area (Å²) in [5, 5.41) is 17.7. The number of nitrogens with one attached hydrogen (secondary N) is 2. The Morgan fingerprint density at radius 1 is 1.10 bits per heavy atom. The largest absolute Gasteiger partial charge is 0.548 e. The van der Waals surface area contributed by atoms with Crippen molar-refractivity contribution < 1.29 is 14.7 Å². The molecule has 7 atom stereocenters. The van der Waals surface area contributed by atoms with Crippen molar-refractivity contribution in [3.8, 4) is 0 Å². The summed E-state index contributed by atoms with van der Waals surface area (Å²) < 4.78 is 0. The van der Waals surface area contributed by atoms with Crippen LogP contribution in [0.2, 0.25) is 0 Å². The van der Waals surface area contributed by atoms with Crippen LogP contribution in [0.4, 0.5) is 0 Å². The SMILES string of the molecule is NC1NC2C(CCC3CCC(C(=O)[O-])NC32)CC1C=O. The number of carboxylic acid groups (broad SMARTS) is 1. The normalized spacial score (nSPS) is 48.0. The van der Waals surface area contributed by atoms with Crippen LogP contribution in [0.3, 0.4) is 0 Å². The number of carbonyl (C=O) groups is 2. The molecular formula is C14H22N3O3-. The predicted molar refractivity (Wildman–Crippen MR) is 70.2 cm³/mol.